The molecule has 0 aliphatic heterocycles. The maximum Gasteiger partial charge on any atom is 0.257 e. The first-order chi connectivity index (χ1) is 11.3. The van der Waals surface area contributed by atoms with Gasteiger partial charge in [0.1, 0.15) is 11.6 Å². The van der Waals surface area contributed by atoms with Crippen molar-refractivity contribution in [3.05, 3.63) is 66.5 Å². The van der Waals surface area contributed by atoms with Crippen LogP contribution in [0.1, 0.15) is 11.4 Å². The summed E-state index contributed by atoms with van der Waals surface area (Å²) in [6.07, 6.45) is 1.83. The van der Waals surface area contributed by atoms with Crippen molar-refractivity contribution < 1.29 is 0 Å². The topological polar surface area (TPSA) is 55.1 Å². The number of aryl methyl sites for hydroxylation is 1. The number of hydrogen-bond donors (Lipinski definition) is 1. The predicted octanol–water partition coefficient (Wildman–Crippen LogP) is 3.97. The van der Waals surface area contributed by atoms with Crippen LogP contribution in [0.5, 0.6) is 0 Å². The highest BCUT2D eigenvalue weighted by molar-refractivity contribution is 5.94. The van der Waals surface area contributed by atoms with Crippen molar-refractivity contribution in [1.82, 2.24) is 19.6 Å². The number of benzene rings is 2. The minimum Gasteiger partial charge on any atom is -0.340 e. The highest BCUT2D eigenvalue weighted by atomic mass is 15.3. The highest BCUT2D eigenvalue weighted by Gasteiger charge is 2.12. The quantitative estimate of drug-likeness (QED) is 0.622. The molecule has 5 nitrogen and oxygen atoms in total. The van der Waals surface area contributed by atoms with E-state index >= 15 is 0 Å². The monoisotopic (exact) mass is 301 g/mol. The molecule has 23 heavy (non-hydrogen) atoms. The van der Waals surface area contributed by atoms with Crippen LogP contribution in [0.4, 0.5) is 11.5 Å². The lowest BCUT2D eigenvalue weighted by atomic mass is 10.1. The van der Waals surface area contributed by atoms with Crippen LogP contribution in [-0.4, -0.2) is 19.6 Å². The number of nitrogens with zero attached hydrogens (tertiary/aromatic N) is 4. The molecular formula is C18H15N5. The maximum atomic E-state index is 4.64. The first-order valence-electron chi connectivity index (χ1n) is 7.36. The Labute approximate surface area is 133 Å². The van der Waals surface area contributed by atoms with Crippen LogP contribution in [0, 0.1) is 6.92 Å². The van der Waals surface area contributed by atoms with Gasteiger partial charge < -0.3 is 5.32 Å². The molecule has 2 aromatic heterocycles. The Morgan fingerprint density at radius 3 is 2.70 bits per heavy atom. The van der Waals surface area contributed by atoms with Gasteiger partial charge in [-0.1, -0.05) is 36.9 Å². The van der Waals surface area contributed by atoms with Crippen LogP contribution in [0.2, 0.25) is 0 Å². The fourth-order valence-corrected chi connectivity index (χ4v) is 2.68. The van der Waals surface area contributed by atoms with E-state index in [1.807, 2.05) is 59.9 Å². The van der Waals surface area contributed by atoms with Crippen LogP contribution in [0.25, 0.3) is 22.8 Å². The molecule has 0 saturated heterocycles. The molecule has 0 unspecified atom stereocenters. The van der Waals surface area contributed by atoms with E-state index in [4.69, 9.17) is 0 Å². The smallest absolute Gasteiger partial charge is 0.257 e. The van der Waals surface area contributed by atoms with E-state index in [2.05, 4.69) is 33.1 Å². The van der Waals surface area contributed by atoms with Gasteiger partial charge in [-0.25, -0.2) is 0 Å². The number of rotatable bonds is 3. The molecule has 0 atom stereocenters. The van der Waals surface area contributed by atoms with Crippen molar-refractivity contribution >= 4 is 34.3 Å². The van der Waals surface area contributed by atoms with E-state index in [1.165, 1.54) is 0 Å². The number of nitrogens with one attached hydrogen (secondary N) is 1. The summed E-state index contributed by atoms with van der Waals surface area (Å²) in [4.78, 5) is 4.64. The van der Waals surface area contributed by atoms with Gasteiger partial charge in [-0.2, -0.15) is 4.98 Å². The van der Waals surface area contributed by atoms with Crippen molar-refractivity contribution in [2.24, 2.45) is 0 Å². The molecule has 5 heteroatoms. The van der Waals surface area contributed by atoms with Gasteiger partial charge in [-0.3, -0.25) is 4.40 Å². The van der Waals surface area contributed by atoms with E-state index in [-0.39, 0.29) is 0 Å². The van der Waals surface area contributed by atoms with Gasteiger partial charge in [0.15, 0.2) is 0 Å². The van der Waals surface area contributed by atoms with Crippen LogP contribution < -0.4 is 5.32 Å². The molecular weight excluding hydrogens is 286 g/mol. The summed E-state index contributed by atoms with van der Waals surface area (Å²) in [7, 11) is 0. The molecule has 0 amide bonds. The lowest BCUT2D eigenvalue weighted by Crippen LogP contribution is -2.01. The third-order valence-corrected chi connectivity index (χ3v) is 3.81. The molecule has 1 N–H and O–H groups in total. The average molecular weight is 301 g/mol. The summed E-state index contributed by atoms with van der Waals surface area (Å²) in [6.45, 7) is 5.77. The minimum absolute atomic E-state index is 0.583. The second-order valence-corrected chi connectivity index (χ2v) is 5.31. The van der Waals surface area contributed by atoms with E-state index in [0.29, 0.717) is 5.78 Å². The van der Waals surface area contributed by atoms with Gasteiger partial charge in [-0.15, -0.1) is 10.2 Å². The van der Waals surface area contributed by atoms with Gasteiger partial charge in [0.25, 0.3) is 5.78 Å². The summed E-state index contributed by atoms with van der Waals surface area (Å²) < 4.78 is 1.96. The zero-order chi connectivity index (χ0) is 15.8. The second-order valence-electron chi connectivity index (χ2n) is 5.31. The van der Waals surface area contributed by atoms with Crippen molar-refractivity contribution in [1.29, 1.82) is 0 Å². The van der Waals surface area contributed by atoms with Gasteiger partial charge in [0.2, 0.25) is 0 Å². The lowest BCUT2D eigenvalue weighted by molar-refractivity contribution is 1.02. The van der Waals surface area contributed by atoms with E-state index < -0.39 is 0 Å². The zero-order valence-corrected chi connectivity index (χ0v) is 12.7. The molecule has 0 bridgehead atoms. The first-order valence-corrected chi connectivity index (χ1v) is 7.36. The molecule has 2 heterocycles. The van der Waals surface area contributed by atoms with Crippen molar-refractivity contribution in [3.63, 3.8) is 0 Å². The zero-order valence-electron chi connectivity index (χ0n) is 12.7. The van der Waals surface area contributed by atoms with E-state index in [9.17, 15) is 0 Å². The van der Waals surface area contributed by atoms with E-state index in [1.54, 1.807) is 0 Å². The Balaban J connectivity index is 2.01. The number of fused-ring (bicyclic) bond motifs is 3. The number of hydrogen-bond acceptors (Lipinski definition) is 4. The number of anilines is 2. The van der Waals surface area contributed by atoms with Gasteiger partial charge in [0, 0.05) is 11.1 Å². The Kier molecular flexibility index (Phi) is 3.05. The standard InChI is InChI=1S/C18H15N5/c1-3-13-9-10-16-15(11-13)17(19-14-7-5-4-6-8-14)20-18-22-21-12(2)23(16)18/h3-11H,1H2,2H3,(H,19,20,22). The molecule has 0 saturated carbocycles. The van der Waals surface area contributed by atoms with Crippen molar-refractivity contribution in [2.45, 2.75) is 6.92 Å². The Bertz CT molecular complexity index is 1020. The molecule has 4 aromatic rings. The van der Waals surface area contributed by atoms with Crippen molar-refractivity contribution in [3.8, 4) is 0 Å². The molecule has 0 spiro atoms. The van der Waals surface area contributed by atoms with Gasteiger partial charge in [0.05, 0.1) is 5.52 Å². The molecule has 0 aliphatic rings. The van der Waals surface area contributed by atoms with Crippen LogP contribution in [0.15, 0.2) is 55.1 Å². The molecule has 112 valence electrons. The summed E-state index contributed by atoms with van der Waals surface area (Å²) >= 11 is 0. The van der Waals surface area contributed by atoms with E-state index in [0.717, 1.165) is 33.8 Å². The lowest BCUT2D eigenvalue weighted by Gasteiger charge is -2.11. The third-order valence-electron chi connectivity index (χ3n) is 3.81. The molecule has 2 aromatic carbocycles. The Morgan fingerprint density at radius 2 is 1.91 bits per heavy atom. The maximum absolute atomic E-state index is 4.64. The number of para-hydroxylation sites is 1. The summed E-state index contributed by atoms with van der Waals surface area (Å²) in [5, 5.41) is 12.7. The molecule has 0 fully saturated rings. The summed E-state index contributed by atoms with van der Waals surface area (Å²) in [5.41, 5.74) is 3.04. The first kappa shape index (κ1) is 13.5. The number of aromatic nitrogens is 4. The molecule has 0 aliphatic carbocycles. The van der Waals surface area contributed by atoms with Crippen LogP contribution in [0.3, 0.4) is 0 Å². The Morgan fingerprint density at radius 1 is 1.09 bits per heavy atom. The average Bonchev–Trinajstić information content (AvgIpc) is 2.96. The molecule has 4 rings (SSSR count). The minimum atomic E-state index is 0.583. The fourth-order valence-electron chi connectivity index (χ4n) is 2.68. The fraction of sp³-hybridized carbons (Fsp3) is 0.0556. The van der Waals surface area contributed by atoms with Gasteiger partial charge >= 0.3 is 0 Å². The summed E-state index contributed by atoms with van der Waals surface area (Å²) in [5.74, 6) is 2.16. The highest BCUT2D eigenvalue weighted by Crippen LogP contribution is 2.27. The second kappa shape index (κ2) is 5.21. The predicted molar refractivity (Wildman–Crippen MR) is 92.8 cm³/mol. The normalized spacial score (nSPS) is 11.0. The van der Waals surface area contributed by atoms with Crippen LogP contribution >= 0.6 is 0 Å². The third kappa shape index (κ3) is 2.23. The van der Waals surface area contributed by atoms with Gasteiger partial charge in [-0.05, 0) is 36.8 Å². The Hall–Kier alpha value is -3.21. The molecule has 0 radical (unpaired) electrons. The largest absolute Gasteiger partial charge is 0.340 e. The van der Waals surface area contributed by atoms with Crippen molar-refractivity contribution in [2.75, 3.05) is 5.32 Å². The SMILES string of the molecule is C=Cc1ccc2c(c1)c(Nc1ccccc1)nc1nnc(C)n12. The van der Waals surface area contributed by atoms with Crippen LogP contribution in [-0.2, 0) is 0 Å². The summed E-state index contributed by atoms with van der Waals surface area (Å²) in [6, 6.07) is 16.1.